The van der Waals surface area contributed by atoms with Gasteiger partial charge < -0.3 is 24.1 Å². The minimum absolute atomic E-state index is 0.567. The van der Waals surface area contributed by atoms with Crippen molar-refractivity contribution in [1.29, 1.82) is 0 Å². The summed E-state index contributed by atoms with van der Waals surface area (Å²) < 4.78 is 16.1. The van der Waals surface area contributed by atoms with Crippen molar-refractivity contribution in [3.63, 3.8) is 0 Å². The summed E-state index contributed by atoms with van der Waals surface area (Å²) in [6.45, 7) is 4.99. The van der Waals surface area contributed by atoms with E-state index in [0.29, 0.717) is 6.29 Å². The Kier molecular flexibility index (Phi) is 1.98. The van der Waals surface area contributed by atoms with E-state index < -0.39 is 29.9 Å². The molecule has 0 aromatic heterocycles. The molecule has 0 spiro atoms. The fourth-order valence-corrected chi connectivity index (χ4v) is 1.84. The van der Waals surface area contributed by atoms with Gasteiger partial charge in [-0.25, -0.2) is 0 Å². The van der Waals surface area contributed by atoms with Gasteiger partial charge in [-0.3, -0.25) is 0 Å². The Morgan fingerprint density at radius 2 is 1.93 bits per heavy atom. The maximum absolute atomic E-state index is 10.6. The number of rotatable bonds is 1. The van der Waals surface area contributed by atoms with E-state index in [0.717, 1.165) is 0 Å². The molecule has 2 fully saturated rings. The van der Waals surface area contributed by atoms with E-state index >= 15 is 0 Å². The molecule has 0 aromatic rings. The molecular formula is C9H14O5. The van der Waals surface area contributed by atoms with Gasteiger partial charge in [0.15, 0.2) is 18.4 Å². The summed E-state index contributed by atoms with van der Waals surface area (Å²) in [7, 11) is 0. The Balaban J connectivity index is 2.22. The van der Waals surface area contributed by atoms with Crippen LogP contribution in [0.25, 0.3) is 0 Å². The lowest BCUT2D eigenvalue weighted by Crippen LogP contribution is -2.46. The molecule has 5 heteroatoms. The Hall–Kier alpha value is -0.490. The van der Waals surface area contributed by atoms with Gasteiger partial charge in [-0.1, -0.05) is 0 Å². The highest BCUT2D eigenvalue weighted by molar-refractivity contribution is 5.59. The second kappa shape index (κ2) is 2.76. The lowest BCUT2D eigenvalue weighted by atomic mass is 9.96. The molecular weight excluding hydrogens is 188 g/mol. The minimum atomic E-state index is -1.32. The smallest absolute Gasteiger partial charge is 0.191 e. The SMILES string of the molecule is CC1(C)O[C@H]2O[C@@H](C=O)[C@@](C)(O)[C@H]2O1. The molecule has 4 atom stereocenters. The first-order chi connectivity index (χ1) is 6.37. The number of aldehydes is 1. The zero-order valence-corrected chi connectivity index (χ0v) is 8.39. The Labute approximate surface area is 81.9 Å². The van der Waals surface area contributed by atoms with Gasteiger partial charge in [-0.05, 0) is 20.8 Å². The number of ether oxygens (including phenoxy) is 3. The van der Waals surface area contributed by atoms with Crippen LogP contribution in [0, 0.1) is 0 Å². The molecule has 0 aliphatic carbocycles. The third-order valence-corrected chi connectivity index (χ3v) is 2.61. The molecule has 2 aliphatic heterocycles. The van der Waals surface area contributed by atoms with Crippen molar-refractivity contribution in [3.8, 4) is 0 Å². The molecule has 0 radical (unpaired) electrons. The molecule has 14 heavy (non-hydrogen) atoms. The van der Waals surface area contributed by atoms with Gasteiger partial charge in [0.2, 0.25) is 0 Å². The molecule has 0 bridgehead atoms. The van der Waals surface area contributed by atoms with Crippen LogP contribution in [0.5, 0.6) is 0 Å². The highest BCUT2D eigenvalue weighted by Crippen LogP contribution is 2.42. The summed E-state index contributed by atoms with van der Waals surface area (Å²) in [5, 5.41) is 10.00. The van der Waals surface area contributed by atoms with Gasteiger partial charge >= 0.3 is 0 Å². The number of hydrogen-bond acceptors (Lipinski definition) is 5. The zero-order chi connectivity index (χ0) is 10.6. The van der Waals surface area contributed by atoms with Gasteiger partial charge in [-0.15, -0.1) is 0 Å². The predicted molar refractivity (Wildman–Crippen MR) is 45.4 cm³/mol. The summed E-state index contributed by atoms with van der Waals surface area (Å²) in [4.78, 5) is 10.6. The lowest BCUT2D eigenvalue weighted by molar-refractivity contribution is -0.222. The zero-order valence-electron chi connectivity index (χ0n) is 8.39. The van der Waals surface area contributed by atoms with Crippen LogP contribution in [0.15, 0.2) is 0 Å². The summed E-state index contributed by atoms with van der Waals surface area (Å²) in [5.74, 6) is -0.771. The van der Waals surface area contributed by atoms with Crippen molar-refractivity contribution in [2.45, 2.75) is 50.7 Å². The molecule has 0 aromatic carbocycles. The molecule has 1 N–H and O–H groups in total. The van der Waals surface area contributed by atoms with Crippen LogP contribution in [0.1, 0.15) is 20.8 Å². The molecule has 2 aliphatic rings. The number of fused-ring (bicyclic) bond motifs is 1. The quantitative estimate of drug-likeness (QED) is 0.597. The van der Waals surface area contributed by atoms with Crippen molar-refractivity contribution in [2.75, 3.05) is 0 Å². The van der Waals surface area contributed by atoms with E-state index in [1.54, 1.807) is 13.8 Å². The first-order valence-corrected chi connectivity index (χ1v) is 4.55. The maximum Gasteiger partial charge on any atom is 0.191 e. The standard InChI is InChI=1S/C9H14O5/c1-8(2)13-6-7(14-8)12-5(4-10)9(6,3)11/h4-7,11H,1-3H3/t5-,6-,7+,9+/m0/s1. The Morgan fingerprint density at radius 1 is 1.29 bits per heavy atom. The second-order valence-electron chi connectivity index (χ2n) is 4.34. The van der Waals surface area contributed by atoms with Crippen molar-refractivity contribution >= 4 is 6.29 Å². The molecule has 80 valence electrons. The van der Waals surface area contributed by atoms with E-state index in [2.05, 4.69) is 0 Å². The van der Waals surface area contributed by atoms with Crippen LogP contribution < -0.4 is 0 Å². The first kappa shape index (κ1) is 10.0. The molecule has 2 rings (SSSR count). The third kappa shape index (κ3) is 1.28. The highest BCUT2D eigenvalue weighted by atomic mass is 16.8. The van der Waals surface area contributed by atoms with Crippen LogP contribution in [0.4, 0.5) is 0 Å². The average molecular weight is 202 g/mol. The van der Waals surface area contributed by atoms with E-state index in [1.807, 2.05) is 0 Å². The van der Waals surface area contributed by atoms with Crippen molar-refractivity contribution in [2.24, 2.45) is 0 Å². The molecule has 5 nitrogen and oxygen atoms in total. The van der Waals surface area contributed by atoms with Crippen molar-refractivity contribution in [1.82, 2.24) is 0 Å². The molecule has 0 amide bonds. The minimum Gasteiger partial charge on any atom is -0.384 e. The van der Waals surface area contributed by atoms with Crippen molar-refractivity contribution < 1.29 is 24.1 Å². The van der Waals surface area contributed by atoms with E-state index in [9.17, 15) is 9.90 Å². The Bertz CT molecular complexity index is 260. The van der Waals surface area contributed by atoms with Crippen molar-refractivity contribution in [3.05, 3.63) is 0 Å². The van der Waals surface area contributed by atoms with Gasteiger partial charge in [0.25, 0.3) is 0 Å². The van der Waals surface area contributed by atoms with Crippen LogP contribution >= 0.6 is 0 Å². The van der Waals surface area contributed by atoms with Gasteiger partial charge in [0, 0.05) is 0 Å². The molecule has 0 saturated carbocycles. The largest absolute Gasteiger partial charge is 0.384 e. The topological polar surface area (TPSA) is 65.0 Å². The van der Waals surface area contributed by atoms with E-state index in [4.69, 9.17) is 14.2 Å². The number of hydrogen-bond donors (Lipinski definition) is 1. The van der Waals surface area contributed by atoms with Crippen LogP contribution in [0.3, 0.4) is 0 Å². The van der Waals surface area contributed by atoms with E-state index in [1.165, 1.54) is 6.92 Å². The number of carbonyl (C=O) groups is 1. The first-order valence-electron chi connectivity index (χ1n) is 4.55. The van der Waals surface area contributed by atoms with Crippen LogP contribution in [-0.2, 0) is 19.0 Å². The highest BCUT2D eigenvalue weighted by Gasteiger charge is 2.60. The molecule has 0 unspecified atom stereocenters. The molecule has 2 saturated heterocycles. The fourth-order valence-electron chi connectivity index (χ4n) is 1.84. The summed E-state index contributed by atoms with van der Waals surface area (Å²) in [6.07, 6.45) is -1.57. The van der Waals surface area contributed by atoms with Crippen LogP contribution in [0.2, 0.25) is 0 Å². The molecule has 2 heterocycles. The monoisotopic (exact) mass is 202 g/mol. The summed E-state index contributed by atoms with van der Waals surface area (Å²) in [6, 6.07) is 0. The Morgan fingerprint density at radius 3 is 2.43 bits per heavy atom. The normalized spacial score (nSPS) is 50.4. The average Bonchev–Trinajstić information content (AvgIpc) is 2.45. The number of aliphatic hydroxyl groups is 1. The second-order valence-corrected chi connectivity index (χ2v) is 4.34. The fraction of sp³-hybridized carbons (Fsp3) is 0.889. The summed E-state index contributed by atoms with van der Waals surface area (Å²) in [5.41, 5.74) is -1.32. The third-order valence-electron chi connectivity index (χ3n) is 2.61. The lowest BCUT2D eigenvalue weighted by Gasteiger charge is -2.27. The number of carbonyl (C=O) groups excluding carboxylic acids is 1. The van der Waals surface area contributed by atoms with Crippen LogP contribution in [-0.4, -0.2) is 41.3 Å². The summed E-state index contributed by atoms with van der Waals surface area (Å²) >= 11 is 0. The maximum atomic E-state index is 10.6. The predicted octanol–water partition coefficient (Wildman–Crippen LogP) is -0.187. The van der Waals surface area contributed by atoms with Gasteiger partial charge in [0.1, 0.15) is 17.8 Å². The van der Waals surface area contributed by atoms with Gasteiger partial charge in [0.05, 0.1) is 0 Å². The van der Waals surface area contributed by atoms with E-state index in [-0.39, 0.29) is 0 Å². The van der Waals surface area contributed by atoms with Gasteiger partial charge in [-0.2, -0.15) is 0 Å².